The Morgan fingerprint density at radius 3 is 2.88 bits per heavy atom. The highest BCUT2D eigenvalue weighted by atomic mass is 16.2. The van der Waals surface area contributed by atoms with Crippen LogP contribution in [0.2, 0.25) is 0 Å². The minimum absolute atomic E-state index is 0.0151. The molecule has 0 saturated carbocycles. The molecule has 1 fully saturated rings. The number of H-pyrrole nitrogens is 1. The van der Waals surface area contributed by atoms with Gasteiger partial charge in [-0.15, -0.1) is 0 Å². The van der Waals surface area contributed by atoms with E-state index in [1.165, 1.54) is 0 Å². The quantitative estimate of drug-likeness (QED) is 0.874. The number of aromatic amines is 1. The first kappa shape index (κ1) is 17.7. The molecule has 7 heteroatoms. The van der Waals surface area contributed by atoms with E-state index in [4.69, 9.17) is 0 Å². The van der Waals surface area contributed by atoms with Gasteiger partial charge in [-0.25, -0.2) is 4.68 Å². The number of anilines is 1. The summed E-state index contributed by atoms with van der Waals surface area (Å²) in [5.74, 6) is 1.15. The number of likely N-dealkylation sites (tertiary alicyclic amines) is 1. The van der Waals surface area contributed by atoms with Crippen molar-refractivity contribution in [3.63, 3.8) is 0 Å². The van der Waals surface area contributed by atoms with Gasteiger partial charge in [-0.05, 0) is 53.1 Å². The molecule has 3 heterocycles. The highest BCUT2D eigenvalue weighted by Gasteiger charge is 2.29. The number of piperidine rings is 1. The first-order chi connectivity index (χ1) is 12.0. The maximum absolute atomic E-state index is 12.7. The average Bonchev–Trinajstić information content (AvgIpc) is 3.23. The fraction of sp³-hybridized carbons (Fsp3) is 0.611. The van der Waals surface area contributed by atoms with Gasteiger partial charge >= 0.3 is 0 Å². The second kappa shape index (κ2) is 7.39. The van der Waals surface area contributed by atoms with E-state index >= 15 is 0 Å². The number of carbonyl (C=O) groups is 1. The molecular weight excluding hydrogens is 316 g/mol. The monoisotopic (exact) mass is 344 g/mol. The number of carbonyl (C=O) groups excluding carboxylic acids is 1. The number of amides is 1. The Labute approximate surface area is 148 Å². The number of rotatable bonds is 5. The molecule has 0 aromatic carbocycles. The van der Waals surface area contributed by atoms with Gasteiger partial charge in [0.05, 0.1) is 17.9 Å². The maximum Gasteiger partial charge on any atom is 0.242 e. The van der Waals surface area contributed by atoms with E-state index in [-0.39, 0.29) is 18.0 Å². The Morgan fingerprint density at radius 1 is 1.40 bits per heavy atom. The normalized spacial score (nSPS) is 20.0. The lowest BCUT2D eigenvalue weighted by Crippen LogP contribution is -2.46. The van der Waals surface area contributed by atoms with Crippen LogP contribution in [0.5, 0.6) is 0 Å². The predicted molar refractivity (Wildman–Crippen MR) is 97.6 cm³/mol. The van der Waals surface area contributed by atoms with Crippen molar-refractivity contribution in [1.29, 1.82) is 0 Å². The van der Waals surface area contributed by atoms with Gasteiger partial charge in [-0.1, -0.05) is 0 Å². The fourth-order valence-corrected chi connectivity index (χ4v) is 3.47. The van der Waals surface area contributed by atoms with E-state index in [0.717, 1.165) is 43.1 Å². The van der Waals surface area contributed by atoms with Crippen molar-refractivity contribution in [1.82, 2.24) is 24.9 Å². The van der Waals surface area contributed by atoms with Crippen LogP contribution in [0, 0.1) is 6.92 Å². The highest BCUT2D eigenvalue weighted by Crippen LogP contribution is 2.27. The molecule has 1 amide bonds. The molecule has 2 atom stereocenters. The first-order valence-electron chi connectivity index (χ1n) is 9.06. The smallest absolute Gasteiger partial charge is 0.242 e. The second-order valence-corrected chi connectivity index (χ2v) is 7.23. The van der Waals surface area contributed by atoms with Crippen molar-refractivity contribution >= 4 is 11.7 Å². The number of hydrogen-bond acceptors (Lipinski definition) is 4. The number of nitrogens with one attached hydrogen (secondary N) is 2. The first-order valence-corrected chi connectivity index (χ1v) is 9.06. The minimum atomic E-state index is -0.182. The molecule has 0 unspecified atom stereocenters. The molecule has 2 N–H and O–H groups in total. The molecule has 2 aromatic heterocycles. The Kier molecular flexibility index (Phi) is 5.22. The van der Waals surface area contributed by atoms with Crippen LogP contribution in [0.3, 0.4) is 0 Å². The molecule has 1 aliphatic rings. The molecule has 0 spiro atoms. The lowest BCUT2D eigenvalue weighted by molar-refractivity contribution is -0.121. The zero-order valence-electron chi connectivity index (χ0n) is 15.5. The van der Waals surface area contributed by atoms with Gasteiger partial charge in [0.2, 0.25) is 5.91 Å². The van der Waals surface area contributed by atoms with Crippen molar-refractivity contribution < 1.29 is 4.79 Å². The second-order valence-electron chi connectivity index (χ2n) is 7.23. The summed E-state index contributed by atoms with van der Waals surface area (Å²) in [6.45, 7) is 9.90. The molecule has 0 radical (unpaired) electrons. The maximum atomic E-state index is 12.7. The third-order valence-electron chi connectivity index (χ3n) is 4.93. The van der Waals surface area contributed by atoms with Gasteiger partial charge in [-0.2, -0.15) is 10.2 Å². The van der Waals surface area contributed by atoms with E-state index in [0.29, 0.717) is 5.92 Å². The summed E-state index contributed by atoms with van der Waals surface area (Å²) in [5, 5.41) is 14.7. The van der Waals surface area contributed by atoms with Crippen LogP contribution in [-0.4, -0.2) is 49.9 Å². The van der Waals surface area contributed by atoms with E-state index in [1.54, 1.807) is 6.20 Å². The Hall–Kier alpha value is -2.15. The molecule has 25 heavy (non-hydrogen) atoms. The number of nitrogens with zero attached hydrogens (tertiary/aromatic N) is 4. The van der Waals surface area contributed by atoms with E-state index < -0.39 is 0 Å². The van der Waals surface area contributed by atoms with Crippen molar-refractivity contribution in [3.05, 3.63) is 29.7 Å². The van der Waals surface area contributed by atoms with Crippen LogP contribution in [0.25, 0.3) is 0 Å². The van der Waals surface area contributed by atoms with Crippen LogP contribution in [-0.2, 0) is 4.79 Å². The van der Waals surface area contributed by atoms with Crippen LogP contribution in [0.4, 0.5) is 5.82 Å². The van der Waals surface area contributed by atoms with Gasteiger partial charge in [0.25, 0.3) is 0 Å². The highest BCUT2D eigenvalue weighted by molar-refractivity contribution is 5.93. The average molecular weight is 344 g/mol. The summed E-state index contributed by atoms with van der Waals surface area (Å²) in [6.07, 6.45) is 3.92. The summed E-state index contributed by atoms with van der Waals surface area (Å²) in [6, 6.07) is 3.98. The number of hydrogen-bond donors (Lipinski definition) is 2. The topological polar surface area (TPSA) is 78.8 Å². The Morgan fingerprint density at radius 2 is 2.20 bits per heavy atom. The van der Waals surface area contributed by atoms with Crippen LogP contribution < -0.4 is 5.32 Å². The summed E-state index contributed by atoms with van der Waals surface area (Å²) in [4.78, 5) is 15.0. The summed E-state index contributed by atoms with van der Waals surface area (Å²) in [5.41, 5.74) is 2.19. The molecule has 0 aliphatic carbocycles. The van der Waals surface area contributed by atoms with Crippen molar-refractivity contribution in [2.45, 2.75) is 58.5 Å². The summed E-state index contributed by atoms with van der Waals surface area (Å²) >= 11 is 0. The zero-order valence-corrected chi connectivity index (χ0v) is 15.5. The van der Waals surface area contributed by atoms with Gasteiger partial charge in [0.1, 0.15) is 5.82 Å². The lowest BCUT2D eigenvalue weighted by atomic mass is 9.93. The third kappa shape index (κ3) is 3.92. The minimum Gasteiger partial charge on any atom is -0.310 e. The SMILES string of the molecule is Cc1cc([C@H]2CCCN([C@H](C)C(=O)Nc3ccnn3C(C)C)C2)n[nH]1. The molecule has 1 aliphatic heterocycles. The largest absolute Gasteiger partial charge is 0.310 e. The Bertz CT molecular complexity index is 719. The standard InChI is InChI=1S/C18H28N6O/c1-12(2)24-17(7-8-19-24)20-18(25)14(4)23-9-5-6-15(11-23)16-10-13(3)21-22-16/h7-8,10,12,14-15H,5-6,9,11H2,1-4H3,(H,20,25)(H,21,22)/t14-,15+/m1/s1. The van der Waals surface area contributed by atoms with E-state index in [9.17, 15) is 4.79 Å². The fourth-order valence-electron chi connectivity index (χ4n) is 3.47. The van der Waals surface area contributed by atoms with E-state index in [1.807, 2.05) is 38.4 Å². The molecule has 3 rings (SSSR count). The van der Waals surface area contributed by atoms with Crippen molar-refractivity contribution in [3.8, 4) is 0 Å². The van der Waals surface area contributed by atoms with Gasteiger partial charge in [-0.3, -0.25) is 14.8 Å². The molecule has 7 nitrogen and oxygen atoms in total. The van der Waals surface area contributed by atoms with Gasteiger partial charge in [0.15, 0.2) is 0 Å². The van der Waals surface area contributed by atoms with Crippen LogP contribution in [0.15, 0.2) is 18.3 Å². The lowest BCUT2D eigenvalue weighted by Gasteiger charge is -2.35. The van der Waals surface area contributed by atoms with E-state index in [2.05, 4.69) is 31.6 Å². The van der Waals surface area contributed by atoms with Crippen LogP contribution >= 0.6 is 0 Å². The summed E-state index contributed by atoms with van der Waals surface area (Å²) in [7, 11) is 0. The van der Waals surface area contributed by atoms with Gasteiger partial charge < -0.3 is 5.32 Å². The van der Waals surface area contributed by atoms with Crippen molar-refractivity contribution in [2.75, 3.05) is 18.4 Å². The molecule has 0 bridgehead atoms. The van der Waals surface area contributed by atoms with Crippen LogP contribution in [0.1, 0.15) is 57.0 Å². The summed E-state index contributed by atoms with van der Waals surface area (Å²) < 4.78 is 1.83. The number of aryl methyl sites for hydroxylation is 1. The van der Waals surface area contributed by atoms with Crippen molar-refractivity contribution in [2.24, 2.45) is 0 Å². The zero-order chi connectivity index (χ0) is 18.0. The molecule has 2 aromatic rings. The molecule has 1 saturated heterocycles. The molecular formula is C18H28N6O. The third-order valence-corrected chi connectivity index (χ3v) is 4.93. The molecule has 136 valence electrons. The number of aromatic nitrogens is 4. The Balaban J connectivity index is 1.64. The predicted octanol–water partition coefficient (Wildman–Crippen LogP) is 2.70. The van der Waals surface area contributed by atoms with Gasteiger partial charge in [0, 0.05) is 30.3 Å².